The lowest BCUT2D eigenvalue weighted by molar-refractivity contribution is 0.359. The Bertz CT molecular complexity index is 331. The van der Waals surface area contributed by atoms with Gasteiger partial charge in [0.25, 0.3) is 0 Å². The summed E-state index contributed by atoms with van der Waals surface area (Å²) < 4.78 is 5.35. The molecule has 0 aliphatic carbocycles. The van der Waals surface area contributed by atoms with Crippen LogP contribution in [0.2, 0.25) is 0 Å². The van der Waals surface area contributed by atoms with Gasteiger partial charge in [0, 0.05) is 0 Å². The molecule has 0 fully saturated rings. The van der Waals surface area contributed by atoms with Crippen LogP contribution in [0.4, 0.5) is 0 Å². The quantitative estimate of drug-likeness (QED) is 0.823. The van der Waals surface area contributed by atoms with Gasteiger partial charge in [0.2, 0.25) is 0 Å². The Morgan fingerprint density at radius 3 is 2.53 bits per heavy atom. The van der Waals surface area contributed by atoms with Crippen LogP contribution in [-0.2, 0) is 6.42 Å². The summed E-state index contributed by atoms with van der Waals surface area (Å²) >= 11 is 0. The minimum atomic E-state index is 0.126. The molecule has 0 atom stereocenters. The number of hydrogen-bond donors (Lipinski definition) is 1. The molecule has 2 N–H and O–H groups in total. The van der Waals surface area contributed by atoms with E-state index in [1.807, 2.05) is 6.07 Å². The normalized spacial score (nSPS) is 11.5. The molecule has 0 saturated carbocycles. The minimum absolute atomic E-state index is 0.126. The van der Waals surface area contributed by atoms with Crippen LogP contribution in [0.5, 0.6) is 5.75 Å². The number of nitrogens with two attached hydrogens (primary N) is 1. The summed E-state index contributed by atoms with van der Waals surface area (Å²) in [5.41, 5.74) is 8.38. The Morgan fingerprint density at radius 2 is 2.00 bits per heavy atom. The summed E-state index contributed by atoms with van der Waals surface area (Å²) in [5.74, 6) is 0.960. The van der Waals surface area contributed by atoms with E-state index < -0.39 is 0 Å². The van der Waals surface area contributed by atoms with Gasteiger partial charge in [0.05, 0.1) is 7.11 Å². The lowest BCUT2D eigenvalue weighted by Gasteiger charge is -2.23. The molecule has 0 aromatic heterocycles. The summed E-state index contributed by atoms with van der Waals surface area (Å²) in [6.07, 6.45) is 0.953. The zero-order chi connectivity index (χ0) is 11.5. The zero-order valence-electron chi connectivity index (χ0n) is 10.1. The van der Waals surface area contributed by atoms with Crippen molar-refractivity contribution < 1.29 is 4.74 Å². The van der Waals surface area contributed by atoms with Gasteiger partial charge in [-0.3, -0.25) is 0 Å². The molecule has 1 aromatic carbocycles. The van der Waals surface area contributed by atoms with Gasteiger partial charge in [-0.1, -0.05) is 31.5 Å². The van der Waals surface area contributed by atoms with Gasteiger partial charge < -0.3 is 10.5 Å². The second-order valence-electron chi connectivity index (χ2n) is 4.86. The molecule has 0 unspecified atom stereocenters. The molecule has 0 radical (unpaired) electrons. The maximum Gasteiger partial charge on any atom is 0.122 e. The third-order valence-electron chi connectivity index (χ3n) is 2.66. The van der Waals surface area contributed by atoms with Crippen LogP contribution >= 0.6 is 0 Å². The van der Waals surface area contributed by atoms with E-state index in [-0.39, 0.29) is 5.41 Å². The molecule has 2 heteroatoms. The standard InChI is InChI=1S/C13H21NO/c1-10-5-6-12(15-4)11(7-10)8-13(2,3)9-14/h5-7H,8-9,14H2,1-4H3. The topological polar surface area (TPSA) is 35.2 Å². The number of methoxy groups -OCH3 is 1. The van der Waals surface area contributed by atoms with Crippen molar-refractivity contribution in [1.29, 1.82) is 0 Å². The minimum Gasteiger partial charge on any atom is -0.496 e. The Morgan fingerprint density at radius 1 is 1.33 bits per heavy atom. The monoisotopic (exact) mass is 207 g/mol. The van der Waals surface area contributed by atoms with Gasteiger partial charge in [-0.15, -0.1) is 0 Å². The molecular weight excluding hydrogens is 186 g/mol. The van der Waals surface area contributed by atoms with E-state index in [0.717, 1.165) is 12.2 Å². The van der Waals surface area contributed by atoms with Crippen LogP contribution in [0, 0.1) is 12.3 Å². The van der Waals surface area contributed by atoms with Gasteiger partial charge in [0.1, 0.15) is 5.75 Å². The van der Waals surface area contributed by atoms with Crippen LogP contribution in [0.25, 0.3) is 0 Å². The molecule has 1 aromatic rings. The maximum atomic E-state index is 5.74. The van der Waals surface area contributed by atoms with Crippen LogP contribution < -0.4 is 10.5 Å². The van der Waals surface area contributed by atoms with Crippen LogP contribution in [-0.4, -0.2) is 13.7 Å². The second-order valence-corrected chi connectivity index (χ2v) is 4.86. The van der Waals surface area contributed by atoms with Crippen molar-refractivity contribution in [2.75, 3.05) is 13.7 Å². The predicted octanol–water partition coefficient (Wildman–Crippen LogP) is 2.53. The maximum absolute atomic E-state index is 5.74. The Hall–Kier alpha value is -1.02. The second kappa shape index (κ2) is 4.67. The highest BCUT2D eigenvalue weighted by atomic mass is 16.5. The lowest BCUT2D eigenvalue weighted by atomic mass is 9.85. The number of aryl methyl sites for hydroxylation is 1. The summed E-state index contributed by atoms with van der Waals surface area (Å²) in [6, 6.07) is 6.27. The molecule has 0 aliphatic heterocycles. The Balaban J connectivity index is 2.97. The predicted molar refractivity (Wildman–Crippen MR) is 64.3 cm³/mol. The van der Waals surface area contributed by atoms with Crippen LogP contribution in [0.3, 0.4) is 0 Å². The average molecular weight is 207 g/mol. The Kier molecular flexibility index (Phi) is 3.75. The van der Waals surface area contributed by atoms with Gasteiger partial charge in [0.15, 0.2) is 0 Å². The summed E-state index contributed by atoms with van der Waals surface area (Å²) in [6.45, 7) is 7.13. The largest absolute Gasteiger partial charge is 0.496 e. The molecule has 1 rings (SSSR count). The number of ether oxygens (including phenoxy) is 1. The number of rotatable bonds is 4. The third kappa shape index (κ3) is 3.24. The zero-order valence-corrected chi connectivity index (χ0v) is 10.1. The highest BCUT2D eigenvalue weighted by Crippen LogP contribution is 2.27. The molecule has 0 amide bonds. The first kappa shape index (κ1) is 12.1. The highest BCUT2D eigenvalue weighted by Gasteiger charge is 2.18. The first-order valence-corrected chi connectivity index (χ1v) is 5.32. The smallest absolute Gasteiger partial charge is 0.122 e. The van der Waals surface area contributed by atoms with Crippen molar-refractivity contribution in [3.8, 4) is 5.75 Å². The van der Waals surface area contributed by atoms with E-state index in [4.69, 9.17) is 10.5 Å². The van der Waals surface area contributed by atoms with Gasteiger partial charge in [-0.25, -0.2) is 0 Å². The molecule has 0 spiro atoms. The van der Waals surface area contributed by atoms with E-state index in [1.54, 1.807) is 7.11 Å². The van der Waals surface area contributed by atoms with E-state index >= 15 is 0 Å². The van der Waals surface area contributed by atoms with E-state index in [9.17, 15) is 0 Å². The molecule has 0 bridgehead atoms. The van der Waals surface area contributed by atoms with Crippen molar-refractivity contribution in [2.24, 2.45) is 11.1 Å². The van der Waals surface area contributed by atoms with Gasteiger partial charge in [-0.05, 0) is 36.9 Å². The summed E-state index contributed by atoms with van der Waals surface area (Å²) in [7, 11) is 1.71. The highest BCUT2D eigenvalue weighted by molar-refractivity contribution is 5.37. The fourth-order valence-electron chi connectivity index (χ4n) is 1.63. The molecular formula is C13H21NO. The number of benzene rings is 1. The Labute approximate surface area is 92.4 Å². The van der Waals surface area contributed by atoms with Crippen molar-refractivity contribution in [2.45, 2.75) is 27.2 Å². The van der Waals surface area contributed by atoms with Crippen molar-refractivity contribution >= 4 is 0 Å². The fraction of sp³-hybridized carbons (Fsp3) is 0.538. The van der Waals surface area contributed by atoms with E-state index in [2.05, 4.69) is 32.9 Å². The van der Waals surface area contributed by atoms with E-state index in [0.29, 0.717) is 6.54 Å². The molecule has 84 valence electrons. The van der Waals surface area contributed by atoms with Crippen molar-refractivity contribution in [3.05, 3.63) is 29.3 Å². The fourth-order valence-corrected chi connectivity index (χ4v) is 1.63. The molecule has 0 heterocycles. The lowest BCUT2D eigenvalue weighted by Crippen LogP contribution is -2.26. The van der Waals surface area contributed by atoms with Gasteiger partial charge >= 0.3 is 0 Å². The van der Waals surface area contributed by atoms with Gasteiger partial charge in [-0.2, -0.15) is 0 Å². The molecule has 0 saturated heterocycles. The average Bonchev–Trinajstić information content (AvgIpc) is 2.18. The van der Waals surface area contributed by atoms with Crippen molar-refractivity contribution in [3.63, 3.8) is 0 Å². The van der Waals surface area contributed by atoms with Crippen molar-refractivity contribution in [1.82, 2.24) is 0 Å². The first-order valence-electron chi connectivity index (χ1n) is 5.32. The summed E-state index contributed by atoms with van der Waals surface area (Å²) in [4.78, 5) is 0. The SMILES string of the molecule is COc1ccc(C)cc1CC(C)(C)CN. The van der Waals surface area contributed by atoms with Crippen LogP contribution in [0.15, 0.2) is 18.2 Å². The number of hydrogen-bond acceptors (Lipinski definition) is 2. The third-order valence-corrected chi connectivity index (χ3v) is 2.66. The van der Waals surface area contributed by atoms with E-state index in [1.165, 1.54) is 11.1 Å². The van der Waals surface area contributed by atoms with Crippen LogP contribution in [0.1, 0.15) is 25.0 Å². The first-order chi connectivity index (χ1) is 6.98. The molecule has 2 nitrogen and oxygen atoms in total. The molecule has 15 heavy (non-hydrogen) atoms. The summed E-state index contributed by atoms with van der Waals surface area (Å²) in [5, 5.41) is 0. The molecule has 0 aliphatic rings.